The summed E-state index contributed by atoms with van der Waals surface area (Å²) in [5.41, 5.74) is 29.8. The molecular weight excluding hydrogens is 1460 g/mol. The highest BCUT2D eigenvalue weighted by molar-refractivity contribution is 6.27. The summed E-state index contributed by atoms with van der Waals surface area (Å²) in [6, 6.07) is 127. The molecule has 0 saturated carbocycles. The molecule has 562 valence electrons. The van der Waals surface area contributed by atoms with Crippen molar-refractivity contribution >= 4 is 163 Å². The Bertz CT molecular complexity index is 8380. The van der Waals surface area contributed by atoms with E-state index in [1.807, 2.05) is 0 Å². The first-order chi connectivity index (χ1) is 59.3. The van der Waals surface area contributed by atoms with Crippen LogP contribution >= 0.6 is 0 Å². The monoisotopic (exact) mass is 1530 g/mol. The van der Waals surface area contributed by atoms with Crippen LogP contribution in [0.5, 0.6) is 0 Å². The lowest BCUT2D eigenvalue weighted by Crippen LogP contribution is -1.97. The van der Waals surface area contributed by atoms with Gasteiger partial charge in [0.15, 0.2) is 0 Å². The van der Waals surface area contributed by atoms with Crippen LogP contribution in [0, 0.1) is 20.8 Å². The first kappa shape index (κ1) is 69.6. The summed E-state index contributed by atoms with van der Waals surface area (Å²) in [6.07, 6.45) is 10.7. The van der Waals surface area contributed by atoms with Gasteiger partial charge in [0.25, 0.3) is 0 Å². The van der Waals surface area contributed by atoms with Crippen molar-refractivity contribution in [2.75, 3.05) is 0 Å². The normalized spacial score (nSPS) is 11.8. The topological polar surface area (TPSA) is 92.1 Å². The van der Waals surface area contributed by atoms with E-state index in [2.05, 4.69) is 391 Å². The predicted octanol–water partition coefficient (Wildman–Crippen LogP) is 28.7. The smallest absolute Gasteiger partial charge is 0.0971 e. The van der Waals surface area contributed by atoms with Crippen LogP contribution in [-0.4, -0.2) is 43.6 Å². The molecule has 9 nitrogen and oxygen atoms in total. The highest BCUT2D eigenvalue weighted by Gasteiger charge is 2.23. The molecule has 0 unspecified atom stereocenters. The van der Waals surface area contributed by atoms with Gasteiger partial charge in [-0.3, -0.25) is 29.9 Å². The van der Waals surface area contributed by atoms with Gasteiger partial charge in [-0.05, 0) is 178 Å². The van der Waals surface area contributed by atoms with Gasteiger partial charge in [0.1, 0.15) is 0 Å². The SMILES string of the molecule is Cc1ccc2c(c1)c1cc(C)ccc1n2-c1ccccc1-c1ccc2c(c1)c1ccccc1c1nccnc21.Cc1ccc2c(c1)c1ccccc1n2-c1ccccc1-c1ccc2c(c1)c1ccccc1c1nccnc21.c1ccc(-c2ccc3c(c2)c2ccccc2n3-c2ccccc2-c2ccc3c(c2)c2ccccc2c2nccnc32)cc1. The van der Waals surface area contributed by atoms with Crippen LogP contribution in [0.4, 0.5) is 0 Å². The van der Waals surface area contributed by atoms with Gasteiger partial charge in [-0.15, -0.1) is 0 Å². The molecule has 0 aliphatic carbocycles. The third-order valence-corrected chi connectivity index (χ3v) is 24.4. The number of hydrogen-bond acceptors (Lipinski definition) is 6. The Labute approximate surface area is 690 Å². The minimum atomic E-state index is 0.938. The minimum absolute atomic E-state index is 0.938. The number of nitrogens with zero attached hydrogens (tertiary/aromatic N) is 9. The quantitative estimate of drug-likeness (QED) is 0.148. The molecule has 25 aromatic rings. The van der Waals surface area contributed by atoms with E-state index < -0.39 is 0 Å². The van der Waals surface area contributed by atoms with Gasteiger partial charge in [-0.1, -0.05) is 271 Å². The molecule has 0 N–H and O–H groups in total. The first-order valence-corrected chi connectivity index (χ1v) is 40.8. The molecule has 9 heteroatoms. The summed E-state index contributed by atoms with van der Waals surface area (Å²) < 4.78 is 7.25. The van der Waals surface area contributed by atoms with E-state index in [9.17, 15) is 0 Å². The van der Waals surface area contributed by atoms with Crippen LogP contribution in [0.1, 0.15) is 16.7 Å². The predicted molar refractivity (Wildman–Crippen MR) is 503 cm³/mol. The molecule has 120 heavy (non-hydrogen) atoms. The summed E-state index contributed by atoms with van der Waals surface area (Å²) >= 11 is 0. The number of benzene rings is 19. The molecule has 19 aromatic carbocycles. The molecule has 0 radical (unpaired) electrons. The third-order valence-electron chi connectivity index (χ3n) is 24.4. The van der Waals surface area contributed by atoms with E-state index in [-0.39, 0.29) is 0 Å². The van der Waals surface area contributed by atoms with Gasteiger partial charge in [-0.2, -0.15) is 0 Å². The maximum Gasteiger partial charge on any atom is 0.0971 e. The van der Waals surface area contributed by atoms with Crippen LogP contribution in [-0.2, 0) is 0 Å². The molecule has 0 fully saturated rings. The molecule has 0 atom stereocenters. The zero-order valence-electron chi connectivity index (χ0n) is 66.0. The summed E-state index contributed by atoms with van der Waals surface area (Å²) in [5.74, 6) is 0. The maximum absolute atomic E-state index is 4.75. The van der Waals surface area contributed by atoms with Crippen LogP contribution in [0.15, 0.2) is 389 Å². The second-order valence-corrected chi connectivity index (χ2v) is 31.4. The van der Waals surface area contributed by atoms with Crippen molar-refractivity contribution in [1.29, 1.82) is 0 Å². The van der Waals surface area contributed by atoms with Crippen molar-refractivity contribution in [3.05, 3.63) is 406 Å². The van der Waals surface area contributed by atoms with Crippen LogP contribution < -0.4 is 0 Å². The van der Waals surface area contributed by atoms with Crippen molar-refractivity contribution in [1.82, 2.24) is 43.6 Å². The Balaban J connectivity index is 0.000000105. The van der Waals surface area contributed by atoms with E-state index in [4.69, 9.17) is 24.9 Å². The fourth-order valence-corrected chi connectivity index (χ4v) is 19.0. The number of fused-ring (bicyclic) bond motifs is 27. The second kappa shape index (κ2) is 28.3. The molecule has 0 saturated heterocycles. The fraction of sp³-hybridized carbons (Fsp3) is 0.0270. The van der Waals surface area contributed by atoms with Crippen LogP contribution in [0.2, 0.25) is 0 Å². The molecular formula is C111H73N9. The zero-order valence-corrected chi connectivity index (χ0v) is 66.0. The molecule has 0 bridgehead atoms. The van der Waals surface area contributed by atoms with Gasteiger partial charge in [0.2, 0.25) is 0 Å². The molecule has 0 aliphatic rings. The molecule has 0 spiro atoms. The summed E-state index contributed by atoms with van der Waals surface area (Å²) in [5, 5.41) is 21.5. The zero-order chi connectivity index (χ0) is 79.6. The lowest BCUT2D eigenvalue weighted by molar-refractivity contribution is 1.18. The van der Waals surface area contributed by atoms with E-state index in [1.54, 1.807) is 37.2 Å². The molecule has 6 aromatic heterocycles. The summed E-state index contributed by atoms with van der Waals surface area (Å²) in [4.78, 5) is 28.3. The lowest BCUT2D eigenvalue weighted by Gasteiger charge is -2.15. The fourth-order valence-electron chi connectivity index (χ4n) is 19.0. The van der Waals surface area contributed by atoms with Gasteiger partial charge >= 0.3 is 0 Å². The first-order valence-electron chi connectivity index (χ1n) is 40.8. The van der Waals surface area contributed by atoms with E-state index in [1.165, 1.54) is 170 Å². The van der Waals surface area contributed by atoms with Gasteiger partial charge in [-0.25, -0.2) is 0 Å². The number of aromatic nitrogens is 9. The van der Waals surface area contributed by atoms with Crippen molar-refractivity contribution in [3.63, 3.8) is 0 Å². The standard InChI is InChI=1S/C40H25N3.C36H25N3.C35H23N3/c1-2-10-26(11-3-1)27-19-21-38-35(24-27)31-14-7-9-17-37(31)43(38)36-16-8-6-12-29(36)28-18-20-33-34(25-28)30-13-4-5-15-32(30)39-40(33)42-23-22-41-39;1-22-11-15-33-30(19-22)31-20-23(2)12-16-34(31)39(33)32-10-6-5-7-25(32)24-13-14-28-29(21-24)26-8-3-4-9-27(26)35-36(28)38-18-17-37-35;1-22-14-17-33-30(20-22)26-10-5-7-13-32(26)38(33)31-12-6-4-8-24(31)23-15-16-28-29(21-23)25-9-2-3-11-27(25)34-35(28)37-19-18-36-34/h1-25H;3-21H,1-2H3;2-21H,1H3. The van der Waals surface area contributed by atoms with Crippen molar-refractivity contribution in [2.45, 2.75) is 20.8 Å². The Kier molecular flexibility index (Phi) is 16.4. The third kappa shape index (κ3) is 11.3. The average Bonchev–Trinajstić information content (AvgIpc) is 1.18. The maximum atomic E-state index is 4.75. The Morgan fingerprint density at radius 3 is 0.750 bits per heavy atom. The van der Waals surface area contributed by atoms with Crippen molar-refractivity contribution in [3.8, 4) is 61.6 Å². The summed E-state index contributed by atoms with van der Waals surface area (Å²) in [7, 11) is 0. The average molecular weight is 1530 g/mol. The molecule has 0 aliphatic heterocycles. The highest BCUT2D eigenvalue weighted by atomic mass is 15.0. The van der Waals surface area contributed by atoms with Crippen molar-refractivity contribution < 1.29 is 0 Å². The van der Waals surface area contributed by atoms with Gasteiger partial charge in [0.05, 0.1) is 83.3 Å². The van der Waals surface area contributed by atoms with Crippen LogP contribution in [0.3, 0.4) is 0 Å². The minimum Gasteiger partial charge on any atom is -0.309 e. The molecule has 25 rings (SSSR count). The van der Waals surface area contributed by atoms with Crippen LogP contribution in [0.25, 0.3) is 225 Å². The number of rotatable bonds is 7. The lowest BCUT2D eigenvalue weighted by atomic mass is 9.95. The van der Waals surface area contributed by atoms with E-state index >= 15 is 0 Å². The Morgan fingerprint density at radius 1 is 0.158 bits per heavy atom. The summed E-state index contributed by atoms with van der Waals surface area (Å²) in [6.45, 7) is 6.49. The van der Waals surface area contributed by atoms with E-state index in [0.29, 0.717) is 0 Å². The van der Waals surface area contributed by atoms with Crippen molar-refractivity contribution in [2.24, 2.45) is 0 Å². The molecule has 0 amide bonds. The number of para-hydroxylation sites is 5. The Morgan fingerprint density at radius 2 is 0.400 bits per heavy atom. The van der Waals surface area contributed by atoms with Gasteiger partial charge < -0.3 is 13.7 Å². The van der Waals surface area contributed by atoms with Gasteiger partial charge in [0, 0.05) is 119 Å². The molecule has 6 heterocycles. The number of aryl methyl sites for hydroxylation is 3. The van der Waals surface area contributed by atoms with E-state index in [0.717, 1.165) is 71.1 Å². The highest BCUT2D eigenvalue weighted by Crippen LogP contribution is 2.46. The number of hydrogen-bond donors (Lipinski definition) is 0. The Hall–Kier alpha value is -15.8. The largest absolute Gasteiger partial charge is 0.309 e. The second-order valence-electron chi connectivity index (χ2n) is 31.4.